The predicted molar refractivity (Wildman–Crippen MR) is 71.5 cm³/mol. The Morgan fingerprint density at radius 1 is 1.50 bits per heavy atom. The van der Waals surface area contributed by atoms with Crippen molar-refractivity contribution in [3.63, 3.8) is 0 Å². The molecule has 2 heterocycles. The summed E-state index contributed by atoms with van der Waals surface area (Å²) in [5.41, 5.74) is 0.872. The fraction of sp³-hybridized carbons (Fsp3) is 0.400. The van der Waals surface area contributed by atoms with Gasteiger partial charge in [-0.15, -0.1) is 11.3 Å². The third-order valence-corrected chi connectivity index (χ3v) is 6.01. The number of thioether (sulfide) groups is 1. The maximum Gasteiger partial charge on any atom is 0.251 e. The number of rotatable bonds is 5. The van der Waals surface area contributed by atoms with Gasteiger partial charge in [0, 0.05) is 12.2 Å². The van der Waals surface area contributed by atoms with Crippen molar-refractivity contribution >= 4 is 33.1 Å². The zero-order valence-corrected chi connectivity index (χ0v) is 12.2. The van der Waals surface area contributed by atoms with Crippen molar-refractivity contribution < 1.29 is 17.9 Å². The molecule has 0 amide bonds. The van der Waals surface area contributed by atoms with Crippen LogP contribution in [0, 0.1) is 0 Å². The fourth-order valence-corrected chi connectivity index (χ4v) is 4.77. The highest BCUT2D eigenvalue weighted by Gasteiger charge is 2.27. The Labute approximate surface area is 114 Å². The number of primary sulfonamides is 1. The van der Waals surface area contributed by atoms with Crippen LogP contribution in [-0.2, 0) is 21.2 Å². The Bertz CT molecular complexity index is 562. The van der Waals surface area contributed by atoms with Gasteiger partial charge in [0.25, 0.3) is 10.0 Å². The van der Waals surface area contributed by atoms with Crippen LogP contribution in [0.4, 0.5) is 0 Å². The Balaban J connectivity index is 2.37. The molecule has 18 heavy (non-hydrogen) atoms. The lowest BCUT2D eigenvalue weighted by atomic mass is 10.2. The summed E-state index contributed by atoms with van der Waals surface area (Å²) in [7, 11) is -3.77. The van der Waals surface area contributed by atoms with Crippen LogP contribution in [0.15, 0.2) is 19.9 Å². The minimum absolute atomic E-state index is 0.0244. The standard InChI is InChI=1S/C10H13NO4S3/c1-2-14-6-15-8-7-4-3-5-16-9(7)17-10(8)18(11,12)13/h3,5H,2,4,6H2,1H3,(H2,11,12,13). The smallest absolute Gasteiger partial charge is 0.251 e. The highest BCUT2D eigenvalue weighted by molar-refractivity contribution is 8.04. The van der Waals surface area contributed by atoms with E-state index in [0.29, 0.717) is 18.8 Å². The van der Waals surface area contributed by atoms with E-state index in [9.17, 15) is 8.42 Å². The average Bonchev–Trinajstić information content (AvgIpc) is 2.69. The molecule has 2 rings (SSSR count). The molecule has 100 valence electrons. The minimum Gasteiger partial charge on any atom is -0.465 e. The molecule has 0 fully saturated rings. The van der Waals surface area contributed by atoms with Gasteiger partial charge in [0.2, 0.25) is 0 Å². The summed E-state index contributed by atoms with van der Waals surface area (Å²) in [5, 5.41) is 7.13. The van der Waals surface area contributed by atoms with Gasteiger partial charge in [-0.2, -0.15) is 0 Å². The summed E-state index contributed by atoms with van der Waals surface area (Å²) in [6.45, 7) is 2.37. The first-order chi connectivity index (χ1) is 8.54. The molecule has 0 atom stereocenters. The summed E-state index contributed by atoms with van der Waals surface area (Å²) in [6.07, 6.45) is 2.61. The second-order valence-electron chi connectivity index (χ2n) is 3.48. The van der Waals surface area contributed by atoms with Crippen molar-refractivity contribution in [3.8, 4) is 5.75 Å². The Morgan fingerprint density at radius 3 is 2.94 bits per heavy atom. The van der Waals surface area contributed by atoms with Crippen LogP contribution in [0.3, 0.4) is 0 Å². The minimum atomic E-state index is -3.77. The highest BCUT2D eigenvalue weighted by atomic mass is 32.3. The molecule has 2 N–H and O–H groups in total. The third kappa shape index (κ3) is 2.89. The number of ether oxygens (including phenoxy) is 2. The molecule has 0 spiro atoms. The molecule has 0 aromatic carbocycles. The summed E-state index contributed by atoms with van der Waals surface area (Å²) >= 11 is 2.62. The number of thiophene rings is 1. The van der Waals surface area contributed by atoms with E-state index in [1.807, 2.05) is 18.4 Å². The molecule has 0 radical (unpaired) electrons. The van der Waals surface area contributed by atoms with Gasteiger partial charge in [-0.25, -0.2) is 13.6 Å². The van der Waals surface area contributed by atoms with Crippen LogP contribution in [-0.4, -0.2) is 21.8 Å². The zero-order chi connectivity index (χ0) is 13.2. The van der Waals surface area contributed by atoms with Crippen LogP contribution >= 0.6 is 23.1 Å². The second kappa shape index (κ2) is 5.62. The van der Waals surface area contributed by atoms with Gasteiger partial charge < -0.3 is 9.47 Å². The van der Waals surface area contributed by atoms with Crippen LogP contribution in [0.25, 0.3) is 0 Å². The number of hydrogen-bond donors (Lipinski definition) is 1. The van der Waals surface area contributed by atoms with E-state index in [1.54, 1.807) is 0 Å². The third-order valence-electron chi connectivity index (χ3n) is 2.23. The Morgan fingerprint density at radius 2 is 2.28 bits per heavy atom. The first kappa shape index (κ1) is 13.9. The van der Waals surface area contributed by atoms with Crippen molar-refractivity contribution in [2.45, 2.75) is 21.8 Å². The largest absolute Gasteiger partial charge is 0.465 e. The SMILES string of the molecule is CCOCOc1c(S(N)(=O)=O)sc2c1CC=CS2. The van der Waals surface area contributed by atoms with Gasteiger partial charge in [0.05, 0.1) is 4.21 Å². The average molecular weight is 307 g/mol. The molecule has 0 aliphatic carbocycles. The molecule has 0 saturated carbocycles. The van der Waals surface area contributed by atoms with E-state index in [2.05, 4.69) is 0 Å². The van der Waals surface area contributed by atoms with Crippen molar-refractivity contribution in [1.82, 2.24) is 0 Å². The van der Waals surface area contributed by atoms with E-state index in [1.165, 1.54) is 11.8 Å². The van der Waals surface area contributed by atoms with E-state index in [-0.39, 0.29) is 11.0 Å². The molecule has 1 aromatic heterocycles. The molecule has 1 aliphatic heterocycles. The van der Waals surface area contributed by atoms with Crippen LogP contribution in [0.5, 0.6) is 5.75 Å². The first-order valence-corrected chi connectivity index (χ1v) is 8.49. The number of sulfonamides is 1. The van der Waals surface area contributed by atoms with Gasteiger partial charge in [-0.05, 0) is 18.8 Å². The van der Waals surface area contributed by atoms with Crippen molar-refractivity contribution in [2.24, 2.45) is 5.14 Å². The summed E-state index contributed by atoms with van der Waals surface area (Å²) in [4.78, 5) is 0. The van der Waals surface area contributed by atoms with Crippen LogP contribution in [0.1, 0.15) is 12.5 Å². The van der Waals surface area contributed by atoms with Crippen LogP contribution < -0.4 is 9.88 Å². The van der Waals surface area contributed by atoms with E-state index in [0.717, 1.165) is 21.1 Å². The summed E-state index contributed by atoms with van der Waals surface area (Å²) in [5.74, 6) is 0.336. The normalized spacial score (nSPS) is 14.6. The highest BCUT2D eigenvalue weighted by Crippen LogP contribution is 2.46. The number of hydrogen-bond acceptors (Lipinski definition) is 6. The number of fused-ring (bicyclic) bond motifs is 1. The maximum atomic E-state index is 11.5. The van der Waals surface area contributed by atoms with E-state index >= 15 is 0 Å². The molecular formula is C10H13NO4S3. The lowest BCUT2D eigenvalue weighted by Crippen LogP contribution is -2.13. The van der Waals surface area contributed by atoms with Gasteiger partial charge in [0.1, 0.15) is 0 Å². The lowest BCUT2D eigenvalue weighted by Gasteiger charge is -2.10. The molecule has 0 unspecified atom stereocenters. The maximum absolute atomic E-state index is 11.5. The number of nitrogens with two attached hydrogens (primary N) is 1. The van der Waals surface area contributed by atoms with Crippen molar-refractivity contribution in [3.05, 3.63) is 17.0 Å². The first-order valence-electron chi connectivity index (χ1n) is 5.24. The van der Waals surface area contributed by atoms with Crippen molar-refractivity contribution in [1.29, 1.82) is 0 Å². The van der Waals surface area contributed by atoms with Gasteiger partial charge in [-0.3, -0.25) is 0 Å². The van der Waals surface area contributed by atoms with Gasteiger partial charge in [-0.1, -0.05) is 17.8 Å². The topological polar surface area (TPSA) is 78.6 Å². The zero-order valence-electron chi connectivity index (χ0n) is 9.71. The monoisotopic (exact) mass is 307 g/mol. The molecule has 0 saturated heterocycles. The molecule has 1 aliphatic rings. The van der Waals surface area contributed by atoms with E-state index in [4.69, 9.17) is 14.6 Å². The molecule has 8 heteroatoms. The summed E-state index contributed by atoms with van der Waals surface area (Å²) in [6, 6.07) is 0. The second-order valence-corrected chi connectivity index (χ2v) is 7.43. The molecule has 0 bridgehead atoms. The van der Waals surface area contributed by atoms with Gasteiger partial charge in [0.15, 0.2) is 16.8 Å². The fourth-order valence-electron chi connectivity index (χ4n) is 1.47. The molecule has 5 nitrogen and oxygen atoms in total. The Hall–Kier alpha value is -0.540. The summed E-state index contributed by atoms with van der Waals surface area (Å²) < 4.78 is 34.6. The van der Waals surface area contributed by atoms with Crippen LogP contribution in [0.2, 0.25) is 0 Å². The quantitative estimate of drug-likeness (QED) is 0.664. The number of allylic oxidation sites excluding steroid dienone is 1. The lowest BCUT2D eigenvalue weighted by molar-refractivity contribution is 0.0205. The molecule has 1 aromatic rings. The predicted octanol–water partition coefficient (Wildman–Crippen LogP) is 1.93. The van der Waals surface area contributed by atoms with E-state index < -0.39 is 10.0 Å². The molecular weight excluding hydrogens is 294 g/mol. The van der Waals surface area contributed by atoms with Gasteiger partial charge >= 0.3 is 0 Å². The van der Waals surface area contributed by atoms with Crippen molar-refractivity contribution in [2.75, 3.05) is 13.4 Å². The Kier molecular flexibility index (Phi) is 4.33.